The van der Waals surface area contributed by atoms with Crippen LogP contribution in [0.4, 0.5) is 4.39 Å². The van der Waals surface area contributed by atoms with Gasteiger partial charge in [0.15, 0.2) is 0 Å². The van der Waals surface area contributed by atoms with Gasteiger partial charge < -0.3 is 5.73 Å². The quantitative estimate of drug-likeness (QED) is 0.613. The van der Waals surface area contributed by atoms with Crippen molar-refractivity contribution in [3.63, 3.8) is 0 Å². The van der Waals surface area contributed by atoms with Crippen molar-refractivity contribution in [1.82, 2.24) is 0 Å². The van der Waals surface area contributed by atoms with Gasteiger partial charge in [-0.15, -0.1) is 0 Å². The lowest BCUT2D eigenvalue weighted by atomic mass is 10.2. The Hall–Kier alpha value is -1.05. The number of allylic oxidation sites excluding steroid dienone is 3. The van der Waals surface area contributed by atoms with Crippen molar-refractivity contribution in [3.8, 4) is 0 Å². The van der Waals surface area contributed by atoms with Crippen molar-refractivity contribution in [2.75, 3.05) is 0 Å². The molecule has 0 bridgehead atoms. The SMILES string of the molecule is C=C/C(N)=C(/F)C(=C)C.CC. The van der Waals surface area contributed by atoms with Gasteiger partial charge in [0.05, 0.1) is 5.70 Å². The van der Waals surface area contributed by atoms with Crippen LogP contribution in [0.15, 0.2) is 36.3 Å². The molecule has 1 nitrogen and oxygen atoms in total. The molecule has 0 heterocycles. The van der Waals surface area contributed by atoms with Gasteiger partial charge in [0.2, 0.25) is 0 Å². The highest BCUT2D eigenvalue weighted by atomic mass is 19.1. The second kappa shape index (κ2) is 7.06. The summed E-state index contributed by atoms with van der Waals surface area (Å²) in [6.07, 6.45) is 1.25. The highest BCUT2D eigenvalue weighted by Crippen LogP contribution is 2.10. The standard InChI is InChI=1S/C7H10FN.C2H6/c1-4-6(9)7(8)5(2)3;1-2/h4H,1-2,9H2,3H3;1-2H3/b7-6-;. The number of hydrogen-bond donors (Lipinski definition) is 1. The van der Waals surface area contributed by atoms with E-state index in [1.165, 1.54) is 6.08 Å². The second-order valence-electron chi connectivity index (χ2n) is 1.75. The number of halogens is 1. The molecule has 0 amide bonds. The molecule has 2 N–H and O–H groups in total. The van der Waals surface area contributed by atoms with E-state index in [2.05, 4.69) is 13.2 Å². The van der Waals surface area contributed by atoms with Crippen LogP contribution in [0.1, 0.15) is 20.8 Å². The summed E-state index contributed by atoms with van der Waals surface area (Å²) >= 11 is 0. The van der Waals surface area contributed by atoms with Crippen LogP contribution in [-0.2, 0) is 0 Å². The first-order chi connectivity index (χ1) is 5.09. The molecule has 64 valence electrons. The van der Waals surface area contributed by atoms with Gasteiger partial charge in [0.1, 0.15) is 5.83 Å². The molecule has 0 aromatic carbocycles. The molecule has 0 aliphatic heterocycles. The zero-order valence-electron chi connectivity index (χ0n) is 7.45. The maximum Gasteiger partial charge on any atom is 0.148 e. The van der Waals surface area contributed by atoms with Gasteiger partial charge in [-0.05, 0) is 18.6 Å². The molecule has 0 radical (unpaired) electrons. The van der Waals surface area contributed by atoms with Gasteiger partial charge >= 0.3 is 0 Å². The molecule has 0 saturated heterocycles. The van der Waals surface area contributed by atoms with E-state index in [0.717, 1.165) is 0 Å². The average Bonchev–Trinajstić information content (AvgIpc) is 2.05. The minimum atomic E-state index is -0.481. The van der Waals surface area contributed by atoms with Crippen molar-refractivity contribution >= 4 is 0 Å². The summed E-state index contributed by atoms with van der Waals surface area (Å²) < 4.78 is 12.5. The molecule has 0 unspecified atom stereocenters. The Labute approximate surface area is 68.1 Å². The third kappa shape index (κ3) is 5.40. The topological polar surface area (TPSA) is 26.0 Å². The Balaban J connectivity index is 0. The van der Waals surface area contributed by atoms with E-state index < -0.39 is 5.83 Å². The lowest BCUT2D eigenvalue weighted by molar-refractivity contribution is 0.642. The van der Waals surface area contributed by atoms with Crippen molar-refractivity contribution in [1.29, 1.82) is 0 Å². The predicted octanol–water partition coefficient (Wildman–Crippen LogP) is 2.91. The fourth-order valence-electron chi connectivity index (χ4n) is 0.336. The number of nitrogens with two attached hydrogens (primary N) is 1. The van der Waals surface area contributed by atoms with Crippen LogP contribution in [0.25, 0.3) is 0 Å². The van der Waals surface area contributed by atoms with Crippen molar-refractivity contribution < 1.29 is 4.39 Å². The number of rotatable bonds is 2. The lowest BCUT2D eigenvalue weighted by Crippen LogP contribution is -1.96. The lowest BCUT2D eigenvalue weighted by Gasteiger charge is -1.95. The van der Waals surface area contributed by atoms with E-state index in [9.17, 15) is 4.39 Å². The zero-order chi connectivity index (χ0) is 9.44. The molecule has 0 aliphatic rings. The molecule has 0 rings (SSSR count). The monoisotopic (exact) mass is 157 g/mol. The first-order valence-electron chi connectivity index (χ1n) is 3.53. The maximum atomic E-state index is 12.5. The third-order valence-electron chi connectivity index (χ3n) is 0.848. The highest BCUT2D eigenvalue weighted by molar-refractivity contribution is 5.29. The summed E-state index contributed by atoms with van der Waals surface area (Å²) in [4.78, 5) is 0. The molecule has 0 atom stereocenters. The highest BCUT2D eigenvalue weighted by Gasteiger charge is 1.97. The summed E-state index contributed by atoms with van der Waals surface area (Å²) in [6.45, 7) is 12.2. The van der Waals surface area contributed by atoms with E-state index in [-0.39, 0.29) is 5.70 Å². The van der Waals surface area contributed by atoms with Gasteiger partial charge in [0.25, 0.3) is 0 Å². The van der Waals surface area contributed by atoms with Crippen LogP contribution in [-0.4, -0.2) is 0 Å². The molecular weight excluding hydrogens is 141 g/mol. The largest absolute Gasteiger partial charge is 0.396 e. The number of hydrogen-bond acceptors (Lipinski definition) is 1. The molecule has 0 aromatic rings. The van der Waals surface area contributed by atoms with Crippen LogP contribution in [0.3, 0.4) is 0 Å². The van der Waals surface area contributed by atoms with Crippen molar-refractivity contribution in [2.45, 2.75) is 20.8 Å². The van der Waals surface area contributed by atoms with Crippen molar-refractivity contribution in [3.05, 3.63) is 36.3 Å². The summed E-state index contributed by atoms with van der Waals surface area (Å²) in [5, 5.41) is 0. The first kappa shape index (κ1) is 12.6. The van der Waals surface area contributed by atoms with Crippen LogP contribution in [0.5, 0.6) is 0 Å². The summed E-state index contributed by atoms with van der Waals surface area (Å²) in [6, 6.07) is 0. The van der Waals surface area contributed by atoms with Gasteiger partial charge in [-0.2, -0.15) is 0 Å². The van der Waals surface area contributed by atoms with Crippen LogP contribution in [0.2, 0.25) is 0 Å². The van der Waals surface area contributed by atoms with Crippen molar-refractivity contribution in [2.24, 2.45) is 5.73 Å². The molecule has 0 spiro atoms. The molecule has 0 aromatic heterocycles. The molecular formula is C9H16FN. The van der Waals surface area contributed by atoms with E-state index in [4.69, 9.17) is 5.73 Å². The van der Waals surface area contributed by atoms with E-state index in [0.29, 0.717) is 5.57 Å². The minimum absolute atomic E-state index is 0.0440. The molecule has 2 heteroatoms. The predicted molar refractivity (Wildman–Crippen MR) is 48.7 cm³/mol. The van der Waals surface area contributed by atoms with E-state index in [1.54, 1.807) is 6.92 Å². The fourth-order valence-corrected chi connectivity index (χ4v) is 0.336. The smallest absolute Gasteiger partial charge is 0.148 e. The Morgan fingerprint density at radius 2 is 1.82 bits per heavy atom. The zero-order valence-corrected chi connectivity index (χ0v) is 7.45. The van der Waals surface area contributed by atoms with Crippen LogP contribution in [0, 0.1) is 0 Å². The van der Waals surface area contributed by atoms with Gasteiger partial charge in [0, 0.05) is 0 Å². The Bertz CT molecular complexity index is 168. The molecule has 0 aliphatic carbocycles. The van der Waals surface area contributed by atoms with Crippen LogP contribution < -0.4 is 5.73 Å². The maximum absolute atomic E-state index is 12.5. The molecule has 11 heavy (non-hydrogen) atoms. The van der Waals surface area contributed by atoms with E-state index in [1.807, 2.05) is 13.8 Å². The molecule has 0 saturated carbocycles. The second-order valence-corrected chi connectivity index (χ2v) is 1.75. The Kier molecular flexibility index (Phi) is 8.10. The average molecular weight is 157 g/mol. The van der Waals surface area contributed by atoms with Gasteiger partial charge in [-0.25, -0.2) is 4.39 Å². The summed E-state index contributed by atoms with van der Waals surface area (Å²) in [7, 11) is 0. The third-order valence-corrected chi connectivity index (χ3v) is 0.848. The molecule has 0 fully saturated rings. The van der Waals surface area contributed by atoms with Gasteiger partial charge in [-0.1, -0.05) is 27.0 Å². The fraction of sp³-hybridized carbons (Fsp3) is 0.333. The minimum Gasteiger partial charge on any atom is -0.396 e. The first-order valence-corrected chi connectivity index (χ1v) is 3.53. The van der Waals surface area contributed by atoms with Crippen LogP contribution >= 0.6 is 0 Å². The van der Waals surface area contributed by atoms with E-state index >= 15 is 0 Å². The summed E-state index contributed by atoms with van der Waals surface area (Å²) in [5.41, 5.74) is 5.51. The Morgan fingerprint density at radius 1 is 1.45 bits per heavy atom. The Morgan fingerprint density at radius 3 is 1.91 bits per heavy atom. The normalized spacial score (nSPS) is 10.5. The van der Waals surface area contributed by atoms with Gasteiger partial charge in [-0.3, -0.25) is 0 Å². The summed E-state index contributed by atoms with van der Waals surface area (Å²) in [5.74, 6) is -0.481.